The monoisotopic (exact) mass is 258 g/mol. The Balaban J connectivity index is 0.00000256. The Labute approximate surface area is 108 Å². The molecule has 0 unspecified atom stereocenters. The van der Waals surface area contributed by atoms with Gasteiger partial charge in [-0.05, 0) is 18.1 Å². The maximum absolute atomic E-state index is 11.2. The first-order valence-electron chi connectivity index (χ1n) is 5.23. The average Bonchev–Trinajstić information content (AvgIpc) is 2.28. The lowest BCUT2D eigenvalue weighted by Crippen LogP contribution is -2.37. The van der Waals surface area contributed by atoms with Gasteiger partial charge in [0.2, 0.25) is 5.91 Å². The number of methoxy groups -OCH3 is 1. The number of nitrogens with two attached hydrogens (primary N) is 1. The summed E-state index contributed by atoms with van der Waals surface area (Å²) < 4.78 is 5.01. The minimum Gasteiger partial charge on any atom is -0.380 e. The molecule has 0 fully saturated rings. The summed E-state index contributed by atoms with van der Waals surface area (Å²) in [6.07, 6.45) is 0. The summed E-state index contributed by atoms with van der Waals surface area (Å²) in [5.74, 6) is -0.138. The largest absolute Gasteiger partial charge is 0.380 e. The number of benzene rings is 1. The first kappa shape index (κ1) is 15.9. The second kappa shape index (κ2) is 8.06. The van der Waals surface area contributed by atoms with E-state index in [9.17, 15) is 4.79 Å². The molecule has 0 radical (unpaired) electrons. The molecule has 0 bridgehead atoms. The minimum atomic E-state index is -0.465. The Bertz CT molecular complexity index is 339. The van der Waals surface area contributed by atoms with E-state index >= 15 is 0 Å². The highest BCUT2D eigenvalue weighted by molar-refractivity contribution is 5.85. The van der Waals surface area contributed by atoms with Crippen LogP contribution in [0.25, 0.3) is 0 Å². The quantitative estimate of drug-likeness (QED) is 0.835. The van der Waals surface area contributed by atoms with Gasteiger partial charge in [0.05, 0.1) is 12.6 Å². The molecule has 3 N–H and O–H groups in total. The molecule has 0 aliphatic heterocycles. The molecule has 1 aromatic rings. The van der Waals surface area contributed by atoms with Crippen molar-refractivity contribution in [1.82, 2.24) is 5.32 Å². The zero-order valence-corrected chi connectivity index (χ0v) is 10.9. The van der Waals surface area contributed by atoms with E-state index in [0.29, 0.717) is 13.2 Å². The van der Waals surface area contributed by atoms with Crippen LogP contribution >= 0.6 is 12.4 Å². The summed E-state index contributed by atoms with van der Waals surface area (Å²) in [6, 6.07) is 7.44. The molecule has 0 aliphatic carbocycles. The highest BCUT2D eigenvalue weighted by atomic mass is 35.5. The normalized spacial score (nSPS) is 11.5. The summed E-state index contributed by atoms with van der Waals surface area (Å²) in [6.45, 7) is 2.77. The van der Waals surface area contributed by atoms with Crippen molar-refractivity contribution in [2.24, 2.45) is 5.73 Å². The van der Waals surface area contributed by atoms with Gasteiger partial charge in [-0.15, -0.1) is 12.4 Å². The van der Waals surface area contributed by atoms with E-state index in [-0.39, 0.29) is 18.3 Å². The molecule has 4 nitrogen and oxygen atoms in total. The first-order chi connectivity index (χ1) is 7.63. The molecule has 0 spiro atoms. The first-order valence-corrected chi connectivity index (χ1v) is 5.23. The Hall–Kier alpha value is -1.10. The Morgan fingerprint density at radius 3 is 2.35 bits per heavy atom. The van der Waals surface area contributed by atoms with Crippen LogP contribution in [0.4, 0.5) is 0 Å². The number of ether oxygens (including phenoxy) is 1. The van der Waals surface area contributed by atoms with Crippen molar-refractivity contribution in [2.75, 3.05) is 7.11 Å². The Kier molecular flexibility index (Phi) is 7.54. The van der Waals surface area contributed by atoms with Crippen molar-refractivity contribution in [1.29, 1.82) is 0 Å². The van der Waals surface area contributed by atoms with Crippen LogP contribution in [-0.4, -0.2) is 19.1 Å². The van der Waals surface area contributed by atoms with Crippen molar-refractivity contribution in [3.05, 3.63) is 35.4 Å². The zero-order chi connectivity index (χ0) is 12.0. The maximum Gasteiger partial charge on any atom is 0.236 e. The van der Waals surface area contributed by atoms with Crippen molar-refractivity contribution in [2.45, 2.75) is 26.1 Å². The molecular weight excluding hydrogens is 240 g/mol. The molecule has 1 amide bonds. The van der Waals surface area contributed by atoms with Crippen LogP contribution in [0.5, 0.6) is 0 Å². The van der Waals surface area contributed by atoms with Crippen LogP contribution < -0.4 is 11.1 Å². The van der Waals surface area contributed by atoms with E-state index in [1.54, 1.807) is 14.0 Å². The zero-order valence-electron chi connectivity index (χ0n) is 10.1. The number of carbonyl (C=O) groups excluding carboxylic acids is 1. The molecule has 0 saturated heterocycles. The smallest absolute Gasteiger partial charge is 0.236 e. The molecule has 17 heavy (non-hydrogen) atoms. The molecule has 1 aromatic carbocycles. The van der Waals surface area contributed by atoms with Crippen molar-refractivity contribution >= 4 is 18.3 Å². The average molecular weight is 259 g/mol. The van der Waals surface area contributed by atoms with Crippen molar-refractivity contribution < 1.29 is 9.53 Å². The lowest BCUT2D eigenvalue weighted by atomic mass is 10.1. The van der Waals surface area contributed by atoms with Gasteiger partial charge < -0.3 is 15.8 Å². The molecule has 1 rings (SSSR count). The maximum atomic E-state index is 11.2. The van der Waals surface area contributed by atoms with Gasteiger partial charge >= 0.3 is 0 Å². The molecule has 0 aromatic heterocycles. The van der Waals surface area contributed by atoms with Gasteiger partial charge in [-0.1, -0.05) is 24.3 Å². The van der Waals surface area contributed by atoms with Crippen LogP contribution in [-0.2, 0) is 22.7 Å². The predicted octanol–water partition coefficient (Wildman–Crippen LogP) is 1.22. The third kappa shape index (κ3) is 5.68. The summed E-state index contributed by atoms with van der Waals surface area (Å²) in [4.78, 5) is 11.2. The van der Waals surface area contributed by atoms with Gasteiger partial charge in [0, 0.05) is 13.7 Å². The topological polar surface area (TPSA) is 64.3 Å². The summed E-state index contributed by atoms with van der Waals surface area (Å²) in [5.41, 5.74) is 7.60. The third-order valence-electron chi connectivity index (χ3n) is 2.21. The van der Waals surface area contributed by atoms with E-state index in [1.165, 1.54) is 0 Å². The SMILES string of the molecule is COCc1ccc(CNC(=O)[C@@H](C)N)cc1.Cl. The van der Waals surface area contributed by atoms with Crippen LogP contribution in [0.3, 0.4) is 0 Å². The number of nitrogens with one attached hydrogen (secondary N) is 1. The van der Waals surface area contributed by atoms with E-state index < -0.39 is 6.04 Å². The molecule has 1 atom stereocenters. The lowest BCUT2D eigenvalue weighted by Gasteiger charge is -2.08. The van der Waals surface area contributed by atoms with Gasteiger partial charge in [0.1, 0.15) is 0 Å². The predicted molar refractivity (Wildman–Crippen MR) is 69.9 cm³/mol. The fraction of sp³-hybridized carbons (Fsp3) is 0.417. The minimum absolute atomic E-state index is 0. The third-order valence-corrected chi connectivity index (χ3v) is 2.21. The number of hydrogen-bond donors (Lipinski definition) is 2. The van der Waals surface area contributed by atoms with Gasteiger partial charge in [-0.25, -0.2) is 0 Å². The highest BCUT2D eigenvalue weighted by Gasteiger charge is 2.05. The number of hydrogen-bond acceptors (Lipinski definition) is 3. The molecule has 0 aliphatic rings. The number of amides is 1. The highest BCUT2D eigenvalue weighted by Crippen LogP contribution is 2.05. The molecule has 5 heteroatoms. The lowest BCUT2D eigenvalue weighted by molar-refractivity contribution is -0.122. The fourth-order valence-corrected chi connectivity index (χ4v) is 1.27. The second-order valence-corrected chi connectivity index (χ2v) is 3.76. The summed E-state index contributed by atoms with van der Waals surface area (Å²) in [5, 5.41) is 2.75. The van der Waals surface area contributed by atoms with E-state index in [1.807, 2.05) is 24.3 Å². The van der Waals surface area contributed by atoms with Crippen LogP contribution in [0.15, 0.2) is 24.3 Å². The summed E-state index contributed by atoms with van der Waals surface area (Å²) >= 11 is 0. The van der Waals surface area contributed by atoms with Gasteiger partial charge in [-0.2, -0.15) is 0 Å². The number of rotatable bonds is 5. The van der Waals surface area contributed by atoms with E-state index in [2.05, 4.69) is 5.32 Å². The molecule has 0 saturated carbocycles. The second-order valence-electron chi connectivity index (χ2n) is 3.76. The van der Waals surface area contributed by atoms with Crippen LogP contribution in [0, 0.1) is 0 Å². The van der Waals surface area contributed by atoms with Gasteiger partial charge in [-0.3, -0.25) is 4.79 Å². The van der Waals surface area contributed by atoms with E-state index in [0.717, 1.165) is 11.1 Å². The number of carbonyl (C=O) groups is 1. The van der Waals surface area contributed by atoms with Crippen LogP contribution in [0.2, 0.25) is 0 Å². The summed E-state index contributed by atoms with van der Waals surface area (Å²) in [7, 11) is 1.66. The number of halogens is 1. The van der Waals surface area contributed by atoms with Gasteiger partial charge in [0.15, 0.2) is 0 Å². The van der Waals surface area contributed by atoms with Gasteiger partial charge in [0.25, 0.3) is 0 Å². The molecule has 0 heterocycles. The Morgan fingerprint density at radius 1 is 1.35 bits per heavy atom. The van der Waals surface area contributed by atoms with Crippen LogP contribution in [0.1, 0.15) is 18.1 Å². The Morgan fingerprint density at radius 2 is 1.88 bits per heavy atom. The van der Waals surface area contributed by atoms with E-state index in [4.69, 9.17) is 10.5 Å². The van der Waals surface area contributed by atoms with Crippen molar-refractivity contribution in [3.8, 4) is 0 Å². The standard InChI is InChI=1S/C12H18N2O2.ClH/c1-9(13)12(15)14-7-10-3-5-11(6-4-10)8-16-2;/h3-6,9H,7-8,13H2,1-2H3,(H,14,15);1H/t9-;/m1./s1. The van der Waals surface area contributed by atoms with Crippen molar-refractivity contribution in [3.63, 3.8) is 0 Å². The fourth-order valence-electron chi connectivity index (χ4n) is 1.27. The molecular formula is C12H19ClN2O2. The molecule has 96 valence electrons.